The van der Waals surface area contributed by atoms with Gasteiger partial charge in [0.05, 0.1) is 19.2 Å². The number of anilines is 1. The number of alkyl carbamates (subject to hydrolysis) is 1. The van der Waals surface area contributed by atoms with E-state index in [0.717, 1.165) is 11.1 Å². The van der Waals surface area contributed by atoms with Crippen molar-refractivity contribution in [1.29, 1.82) is 0 Å². The highest BCUT2D eigenvalue weighted by atomic mass is 35.5. The molecule has 3 amide bonds. The number of hydrogen-bond acceptors (Lipinski definition) is 11. The lowest BCUT2D eigenvalue weighted by Gasteiger charge is -2.43. The molecule has 15 heteroatoms. The van der Waals surface area contributed by atoms with Crippen molar-refractivity contribution in [3.63, 3.8) is 0 Å². The Morgan fingerprint density at radius 3 is 2.48 bits per heavy atom. The standard InChI is InChI=1S/C39H56ClN3O10S/c1-22-12-11-13-28(51-10)39(49)21-30(53-35(47)41-39)37(5)20-27(37)38(6,48)29(52-34(46)23(2)42(7)31(44)14-15-36(3,4)54)19-32(45)43(8)25-17-24(16-22)18-26(50-9)33(25)40/h11-13,17-18,23,27-30,48-49,54H,14-16,19-21H2,1-10H3,(H,41,47)/b13-11+,22-12+. The molecule has 2 heterocycles. The molecule has 0 aromatic heterocycles. The van der Waals surface area contributed by atoms with E-state index in [9.17, 15) is 29.4 Å². The van der Waals surface area contributed by atoms with Gasteiger partial charge in [-0.15, -0.1) is 0 Å². The lowest BCUT2D eigenvalue weighted by molar-refractivity contribution is -0.178. The highest BCUT2D eigenvalue weighted by Gasteiger charge is 2.68. The molecule has 4 bridgehead atoms. The lowest BCUT2D eigenvalue weighted by atomic mass is 9.81. The first-order chi connectivity index (χ1) is 25.0. The van der Waals surface area contributed by atoms with E-state index in [2.05, 4.69) is 17.9 Å². The minimum absolute atomic E-state index is 0.0867. The zero-order valence-corrected chi connectivity index (χ0v) is 34.5. The Labute approximate surface area is 328 Å². The largest absolute Gasteiger partial charge is 0.495 e. The Morgan fingerprint density at radius 2 is 1.87 bits per heavy atom. The van der Waals surface area contributed by atoms with Crippen molar-refractivity contribution in [2.75, 3.05) is 33.2 Å². The monoisotopic (exact) mass is 793 g/mol. The van der Waals surface area contributed by atoms with E-state index in [-0.39, 0.29) is 23.8 Å². The van der Waals surface area contributed by atoms with E-state index in [0.29, 0.717) is 30.7 Å². The van der Waals surface area contributed by atoms with Gasteiger partial charge in [0.25, 0.3) is 0 Å². The van der Waals surface area contributed by atoms with Crippen molar-refractivity contribution in [2.24, 2.45) is 11.3 Å². The number of likely N-dealkylation sites (N-methyl/N-ethyl adjacent to an activating group) is 1. The van der Waals surface area contributed by atoms with Crippen LogP contribution in [0.2, 0.25) is 5.02 Å². The van der Waals surface area contributed by atoms with Crippen LogP contribution < -0.4 is 15.0 Å². The number of hydrogen-bond donors (Lipinski definition) is 4. The first kappa shape index (κ1) is 43.4. The molecule has 0 radical (unpaired) electrons. The lowest BCUT2D eigenvalue weighted by Crippen LogP contribution is -2.64. The second-order valence-corrected chi connectivity index (χ2v) is 17.7. The molecule has 300 valence electrons. The van der Waals surface area contributed by atoms with Crippen LogP contribution in [-0.4, -0.2) is 108 Å². The fraction of sp³-hybridized carbons (Fsp3) is 0.641. The number of nitrogens with zero attached hydrogens (tertiary/aromatic N) is 2. The SMILES string of the molecule is COc1cc2cc(c1Cl)N(C)C(=O)CC(OC(=O)C(C)N(C)C(=O)CCC(C)(C)S)C(C)(O)C1CC1(C)C1CC(O)(NC(=O)O1)C(OC)/C=C/C=C(\C)C2. The summed E-state index contributed by atoms with van der Waals surface area (Å²) in [5, 5.41) is 26.9. The fourth-order valence-corrected chi connectivity index (χ4v) is 7.79. The van der Waals surface area contributed by atoms with Crippen LogP contribution in [0, 0.1) is 11.3 Å². The van der Waals surface area contributed by atoms with Gasteiger partial charge in [0.2, 0.25) is 11.8 Å². The summed E-state index contributed by atoms with van der Waals surface area (Å²) in [6, 6.07) is 2.48. The van der Waals surface area contributed by atoms with Gasteiger partial charge in [0, 0.05) is 50.1 Å². The second kappa shape index (κ2) is 16.4. The summed E-state index contributed by atoms with van der Waals surface area (Å²) >= 11 is 11.2. The molecule has 0 spiro atoms. The summed E-state index contributed by atoms with van der Waals surface area (Å²) < 4.78 is 22.6. The Kier molecular flexibility index (Phi) is 13.2. The summed E-state index contributed by atoms with van der Waals surface area (Å²) in [5.74, 6) is -1.96. The molecule has 2 fully saturated rings. The van der Waals surface area contributed by atoms with E-state index in [4.69, 9.17) is 30.5 Å². The third-order valence-corrected chi connectivity index (χ3v) is 11.8. The molecular formula is C39H56ClN3O10S. The second-order valence-electron chi connectivity index (χ2n) is 16.1. The maximum atomic E-state index is 14.2. The van der Waals surface area contributed by atoms with E-state index >= 15 is 0 Å². The number of halogens is 1. The van der Waals surface area contributed by atoms with Gasteiger partial charge in [-0.05, 0) is 57.7 Å². The molecule has 3 N–H and O–H groups in total. The number of aliphatic hydroxyl groups is 2. The smallest absolute Gasteiger partial charge is 0.409 e. The van der Waals surface area contributed by atoms with Crippen LogP contribution in [0.15, 0.2) is 35.9 Å². The predicted molar refractivity (Wildman–Crippen MR) is 208 cm³/mol. The molecule has 54 heavy (non-hydrogen) atoms. The Hall–Kier alpha value is -3.30. The summed E-state index contributed by atoms with van der Waals surface area (Å²) in [5.41, 5.74) is -2.60. The van der Waals surface area contributed by atoms with Gasteiger partial charge in [-0.3, -0.25) is 14.9 Å². The third-order valence-electron chi connectivity index (χ3n) is 11.2. The number of ether oxygens (including phenoxy) is 4. The number of carbonyl (C=O) groups excluding carboxylic acids is 4. The quantitative estimate of drug-likeness (QED) is 0.208. The number of allylic oxidation sites excluding steroid dienone is 3. The minimum atomic E-state index is -1.87. The van der Waals surface area contributed by atoms with Gasteiger partial charge < -0.3 is 39.0 Å². The number of carbonyl (C=O) groups is 4. The van der Waals surface area contributed by atoms with E-state index < -0.39 is 76.2 Å². The van der Waals surface area contributed by atoms with Gasteiger partial charge >= 0.3 is 12.1 Å². The fourth-order valence-electron chi connectivity index (χ4n) is 7.37. The van der Waals surface area contributed by atoms with Gasteiger partial charge in [-0.1, -0.05) is 56.2 Å². The van der Waals surface area contributed by atoms with Crippen molar-refractivity contribution < 1.29 is 48.3 Å². The number of esters is 1. The molecule has 8 unspecified atom stereocenters. The van der Waals surface area contributed by atoms with Crippen LogP contribution in [0.25, 0.3) is 0 Å². The molecule has 1 saturated heterocycles. The molecular weight excluding hydrogens is 738 g/mol. The average Bonchev–Trinajstić information content (AvgIpc) is 3.80. The highest BCUT2D eigenvalue weighted by Crippen LogP contribution is 2.63. The number of thiol groups is 1. The molecule has 3 aliphatic rings. The van der Waals surface area contributed by atoms with Crippen LogP contribution in [0.4, 0.5) is 10.5 Å². The van der Waals surface area contributed by atoms with Crippen molar-refractivity contribution in [3.05, 3.63) is 46.5 Å². The van der Waals surface area contributed by atoms with Crippen LogP contribution in [0.5, 0.6) is 5.75 Å². The summed E-state index contributed by atoms with van der Waals surface area (Å²) in [4.78, 5) is 56.6. The van der Waals surface area contributed by atoms with Crippen molar-refractivity contribution in [3.8, 4) is 5.75 Å². The van der Waals surface area contributed by atoms with Gasteiger partial charge in [0.15, 0.2) is 5.72 Å². The van der Waals surface area contributed by atoms with Crippen molar-refractivity contribution in [1.82, 2.24) is 10.2 Å². The molecule has 1 aliphatic carbocycles. The van der Waals surface area contributed by atoms with Crippen LogP contribution in [0.1, 0.15) is 79.2 Å². The van der Waals surface area contributed by atoms with E-state index in [1.165, 1.54) is 52.0 Å². The maximum absolute atomic E-state index is 14.2. The predicted octanol–water partition coefficient (Wildman–Crippen LogP) is 4.99. The number of fused-ring (bicyclic) bond motifs is 6. The van der Waals surface area contributed by atoms with E-state index in [1.807, 2.05) is 33.8 Å². The minimum Gasteiger partial charge on any atom is -0.495 e. The van der Waals surface area contributed by atoms with Crippen LogP contribution in [-0.2, 0) is 35.0 Å². The zero-order chi connectivity index (χ0) is 40.6. The molecule has 13 nitrogen and oxygen atoms in total. The molecule has 1 saturated carbocycles. The average molecular weight is 794 g/mol. The summed E-state index contributed by atoms with van der Waals surface area (Å²) in [6.07, 6.45) is 1.89. The third kappa shape index (κ3) is 9.55. The first-order valence-electron chi connectivity index (χ1n) is 18.1. The normalized spacial score (nSPS) is 32.6. The van der Waals surface area contributed by atoms with Crippen molar-refractivity contribution in [2.45, 2.75) is 120 Å². The van der Waals surface area contributed by atoms with E-state index in [1.54, 1.807) is 24.3 Å². The molecule has 1 aromatic carbocycles. The van der Waals surface area contributed by atoms with Gasteiger partial charge in [-0.25, -0.2) is 9.59 Å². The molecule has 8 atom stereocenters. The summed E-state index contributed by atoms with van der Waals surface area (Å²) in [7, 11) is 5.92. The molecule has 2 aliphatic heterocycles. The number of benzene rings is 1. The number of rotatable bonds is 8. The molecule has 4 rings (SSSR count). The Balaban J connectivity index is 1.78. The number of methoxy groups -OCH3 is 2. The van der Waals surface area contributed by atoms with Gasteiger partial charge in [0.1, 0.15) is 40.7 Å². The van der Waals surface area contributed by atoms with Gasteiger partial charge in [-0.2, -0.15) is 12.6 Å². The van der Waals surface area contributed by atoms with Crippen LogP contribution in [0.3, 0.4) is 0 Å². The zero-order valence-electron chi connectivity index (χ0n) is 32.9. The molecule has 1 aromatic rings. The Bertz CT molecular complexity index is 1680. The number of nitrogens with one attached hydrogen (secondary N) is 1. The van der Waals surface area contributed by atoms with Crippen LogP contribution >= 0.6 is 24.2 Å². The summed E-state index contributed by atoms with van der Waals surface area (Å²) in [6.45, 7) is 10.5. The number of amides is 3. The maximum Gasteiger partial charge on any atom is 0.409 e. The van der Waals surface area contributed by atoms with Crippen molar-refractivity contribution >= 4 is 53.8 Å². The Morgan fingerprint density at radius 1 is 1.20 bits per heavy atom. The first-order valence-corrected chi connectivity index (χ1v) is 18.9. The highest BCUT2D eigenvalue weighted by molar-refractivity contribution is 7.81. The topological polar surface area (TPSA) is 164 Å².